The van der Waals surface area contributed by atoms with Crippen LogP contribution in [0.15, 0.2) is 48.6 Å². The van der Waals surface area contributed by atoms with Crippen molar-refractivity contribution >= 4 is 57.5 Å². The van der Waals surface area contributed by atoms with Gasteiger partial charge in [0.2, 0.25) is 23.7 Å². The van der Waals surface area contributed by atoms with Crippen molar-refractivity contribution in [1.82, 2.24) is 44.0 Å². The predicted octanol–water partition coefficient (Wildman–Crippen LogP) is 4.60. The number of methoxy groups -OCH3 is 1. The van der Waals surface area contributed by atoms with Gasteiger partial charge >= 0.3 is 0 Å². The van der Waals surface area contributed by atoms with E-state index in [-0.39, 0.29) is 42.5 Å². The van der Waals surface area contributed by atoms with Gasteiger partial charge in [-0.05, 0) is 109 Å². The highest BCUT2D eigenvalue weighted by Gasteiger charge is 2.23. The number of ketones is 1. The molecule has 0 saturated carbocycles. The maximum Gasteiger partial charge on any atom is 0.276 e. The predicted molar refractivity (Wildman–Crippen MR) is 239 cm³/mol. The Kier molecular flexibility index (Phi) is 13.5. The number of primary amides is 2. The number of carbonyl (C=O) groups excluding carboxylic acids is 4. The monoisotopic (exact) mass is 861 g/mol. The van der Waals surface area contributed by atoms with Crippen molar-refractivity contribution in [3.05, 3.63) is 82.5 Å². The summed E-state index contributed by atoms with van der Waals surface area (Å²) in [5.74, 6) is 0.0960. The van der Waals surface area contributed by atoms with E-state index >= 15 is 0 Å². The number of fused-ring (bicyclic) bond motifs is 2. The number of hydrogen-bond acceptors (Lipinski definition) is 12. The minimum atomic E-state index is -0.657. The van der Waals surface area contributed by atoms with Crippen LogP contribution in [0.3, 0.4) is 0 Å². The summed E-state index contributed by atoms with van der Waals surface area (Å²) in [4.78, 5) is 61.6. The fourth-order valence-electron chi connectivity index (χ4n) is 8.08. The number of nitrogens with two attached hydrogens (primary N) is 2. The molecule has 2 aromatic carbocycles. The molecule has 6 aromatic rings. The van der Waals surface area contributed by atoms with Crippen LogP contribution in [0, 0.1) is 19.8 Å². The smallest absolute Gasteiger partial charge is 0.276 e. The lowest BCUT2D eigenvalue weighted by atomic mass is 9.93. The average molecular weight is 862 g/mol. The first-order chi connectivity index (χ1) is 30.4. The number of amides is 3. The highest BCUT2D eigenvalue weighted by molar-refractivity contribution is 6.04. The Balaban J connectivity index is 1.23. The van der Waals surface area contributed by atoms with Gasteiger partial charge in [0.25, 0.3) is 5.91 Å². The van der Waals surface area contributed by atoms with E-state index in [1.54, 1.807) is 44.3 Å². The molecule has 1 aliphatic rings. The van der Waals surface area contributed by atoms with Crippen LogP contribution in [-0.4, -0.2) is 95.5 Å². The van der Waals surface area contributed by atoms with Crippen molar-refractivity contribution in [3.8, 4) is 11.5 Å². The summed E-state index contributed by atoms with van der Waals surface area (Å²) in [5, 5.41) is 18.4. The molecule has 1 saturated heterocycles. The molecule has 0 radical (unpaired) electrons. The number of imidazole rings is 2. The fraction of sp³-hybridized carbons (Fsp3) is 0.409. The van der Waals surface area contributed by atoms with Crippen molar-refractivity contribution in [2.24, 2.45) is 17.4 Å². The second-order valence-electron chi connectivity index (χ2n) is 15.6. The van der Waals surface area contributed by atoms with Gasteiger partial charge in [-0.15, -0.1) is 0 Å². The Bertz CT molecular complexity index is 2700. The maximum atomic E-state index is 13.7. The number of rotatable bonds is 20. The van der Waals surface area contributed by atoms with E-state index < -0.39 is 17.7 Å². The lowest BCUT2D eigenvalue weighted by Gasteiger charge is -2.22. The summed E-state index contributed by atoms with van der Waals surface area (Å²) in [6, 6.07) is 9.80. The molecule has 0 atom stereocenters. The number of aryl methyl sites for hydroxylation is 4. The minimum absolute atomic E-state index is 0.0824. The second kappa shape index (κ2) is 19.4. The molecule has 5 heterocycles. The zero-order valence-corrected chi connectivity index (χ0v) is 36.4. The molecule has 4 aromatic heterocycles. The van der Waals surface area contributed by atoms with E-state index in [9.17, 15) is 19.2 Å². The maximum absolute atomic E-state index is 13.7. The lowest BCUT2D eigenvalue weighted by molar-refractivity contribution is 0.0989. The number of benzene rings is 2. The third kappa shape index (κ3) is 9.72. The van der Waals surface area contributed by atoms with Crippen LogP contribution in [0.4, 0.5) is 11.9 Å². The van der Waals surface area contributed by atoms with Gasteiger partial charge < -0.3 is 40.7 Å². The normalized spacial score (nSPS) is 13.3. The Labute approximate surface area is 364 Å². The number of ether oxygens (including phenoxy) is 2. The summed E-state index contributed by atoms with van der Waals surface area (Å²) < 4.78 is 19.1. The van der Waals surface area contributed by atoms with E-state index in [1.165, 1.54) is 13.2 Å². The molecule has 0 spiro atoms. The summed E-state index contributed by atoms with van der Waals surface area (Å²) in [6.45, 7) is 11.3. The van der Waals surface area contributed by atoms with Crippen LogP contribution in [0.5, 0.6) is 11.5 Å². The fourth-order valence-corrected chi connectivity index (χ4v) is 8.08. The third-order valence-corrected chi connectivity index (χ3v) is 11.2. The van der Waals surface area contributed by atoms with Gasteiger partial charge in [-0.2, -0.15) is 10.2 Å². The molecule has 3 amide bonds. The van der Waals surface area contributed by atoms with Crippen molar-refractivity contribution < 1.29 is 28.7 Å². The summed E-state index contributed by atoms with van der Waals surface area (Å²) >= 11 is 0. The van der Waals surface area contributed by atoms with Crippen LogP contribution in [0.1, 0.15) is 92.6 Å². The number of carbonyl (C=O) groups is 4. The van der Waals surface area contributed by atoms with Gasteiger partial charge in [-0.25, -0.2) is 9.97 Å². The van der Waals surface area contributed by atoms with Gasteiger partial charge in [-0.1, -0.05) is 12.2 Å². The highest BCUT2D eigenvalue weighted by Crippen LogP contribution is 2.33. The van der Waals surface area contributed by atoms with Crippen LogP contribution in [0.25, 0.3) is 22.1 Å². The Morgan fingerprint density at radius 3 is 1.95 bits per heavy atom. The molecule has 63 heavy (non-hydrogen) atoms. The molecular weight excluding hydrogens is 807 g/mol. The zero-order valence-electron chi connectivity index (χ0n) is 36.4. The second-order valence-corrected chi connectivity index (χ2v) is 15.6. The molecular formula is C44H55N13O6. The first kappa shape index (κ1) is 44.0. The molecule has 0 bridgehead atoms. The van der Waals surface area contributed by atoms with Crippen LogP contribution < -0.4 is 36.9 Å². The Hall–Kier alpha value is -7.02. The molecule has 1 aliphatic heterocycles. The number of anilines is 2. The number of nitrogens with one attached hydrogen (secondary N) is 3. The Morgan fingerprint density at radius 2 is 1.35 bits per heavy atom. The lowest BCUT2D eigenvalue weighted by Crippen LogP contribution is -2.27. The minimum Gasteiger partial charge on any atom is -0.494 e. The Morgan fingerprint density at radius 1 is 0.794 bits per heavy atom. The number of aromatic nitrogens is 8. The zero-order chi connectivity index (χ0) is 44.8. The first-order valence-electron chi connectivity index (χ1n) is 21.3. The molecule has 19 heteroatoms. The van der Waals surface area contributed by atoms with Crippen molar-refractivity contribution in [1.29, 1.82) is 0 Å². The number of Topliss-reactive ketones (excluding diaryl/α,β-unsaturated/α-hetero) is 1. The van der Waals surface area contributed by atoms with E-state index in [0.717, 1.165) is 44.5 Å². The van der Waals surface area contributed by atoms with Gasteiger partial charge in [0.15, 0.2) is 5.78 Å². The largest absolute Gasteiger partial charge is 0.494 e. The van der Waals surface area contributed by atoms with E-state index in [1.807, 2.05) is 44.4 Å². The number of nitrogens with zero attached hydrogens (tertiary/aromatic N) is 8. The van der Waals surface area contributed by atoms with Gasteiger partial charge in [0, 0.05) is 37.3 Å². The van der Waals surface area contributed by atoms with Crippen molar-refractivity contribution in [3.63, 3.8) is 0 Å². The standard InChI is InChI=1S/C44H55N13O6/c1-6-56-33(19-26(3)52-56)35(58)25-48-43-49-32-22-30(41(46)60)24-37(63-18-10-11-28-12-14-47-15-13-28)39(32)54(43)16-8-9-17-55-38-31(21-29(40(45)59)23-36(38)62-5)50-44(55)51-42(61)34-20-27(4)53-57(34)7-2/h8-9,19-24,28,47H,6-7,10-18,25H2,1-5H3,(H2,45,59)(H2,46,60)(H,48,49)(H,50,51,61)/b9-8+. The number of allylic oxidation sites excluding steroid dienone is 2. The highest BCUT2D eigenvalue weighted by atomic mass is 16.5. The average Bonchev–Trinajstić information content (AvgIpc) is 4.04. The molecule has 0 aliphatic carbocycles. The number of hydrogen-bond donors (Lipinski definition) is 5. The van der Waals surface area contributed by atoms with Crippen LogP contribution in [-0.2, 0) is 26.2 Å². The molecule has 332 valence electrons. The van der Waals surface area contributed by atoms with E-state index in [0.29, 0.717) is 82.2 Å². The molecule has 0 unspecified atom stereocenters. The van der Waals surface area contributed by atoms with E-state index in [2.05, 4.69) is 26.1 Å². The quantitative estimate of drug-likeness (QED) is 0.0402. The van der Waals surface area contributed by atoms with Gasteiger partial charge in [0.1, 0.15) is 33.9 Å². The molecule has 1 fully saturated rings. The van der Waals surface area contributed by atoms with E-state index in [4.69, 9.17) is 30.9 Å². The SMILES string of the molecule is CCn1nc(C)cc1C(=O)CNc1nc2cc(C(N)=O)cc(OCCCC3CCNCC3)c2n1C/C=C/Cn1c(NC(=O)c2cc(C)nn2CC)nc2cc(C(N)=O)cc(OC)c21. The summed E-state index contributed by atoms with van der Waals surface area (Å²) in [5.41, 5.74) is 16.1. The van der Waals surface area contributed by atoms with Crippen LogP contribution in [0.2, 0.25) is 0 Å². The topological polar surface area (TPSA) is 246 Å². The molecule has 7 rings (SSSR count). The first-order valence-corrected chi connectivity index (χ1v) is 21.3. The van der Waals surface area contributed by atoms with Crippen LogP contribution >= 0.6 is 0 Å². The number of piperidine rings is 1. The molecule has 7 N–H and O–H groups in total. The van der Waals surface area contributed by atoms with Gasteiger partial charge in [0.05, 0.1) is 42.7 Å². The molecule has 19 nitrogen and oxygen atoms in total. The third-order valence-electron chi connectivity index (χ3n) is 11.2. The summed E-state index contributed by atoms with van der Waals surface area (Å²) in [7, 11) is 1.48. The van der Waals surface area contributed by atoms with Gasteiger partial charge in [-0.3, -0.25) is 33.9 Å². The van der Waals surface area contributed by atoms with Crippen molar-refractivity contribution in [2.75, 3.05) is 44.0 Å². The van der Waals surface area contributed by atoms with Crippen molar-refractivity contribution in [2.45, 2.75) is 79.6 Å². The summed E-state index contributed by atoms with van der Waals surface area (Å²) in [6.07, 6.45) is 7.89.